The molecule has 0 heterocycles. The van der Waals surface area contributed by atoms with Crippen molar-refractivity contribution in [2.75, 3.05) is 0 Å². The molecule has 0 radical (unpaired) electrons. The Balaban J connectivity index is 1.81. The summed E-state index contributed by atoms with van der Waals surface area (Å²) in [6, 6.07) is 9.17. The summed E-state index contributed by atoms with van der Waals surface area (Å²) in [6.45, 7) is 1.85. The number of carbonyl (C=O) groups is 2. The molecule has 3 rings (SSSR count). The second-order valence-electron chi connectivity index (χ2n) is 7.53. The molecule has 0 amide bonds. The highest BCUT2D eigenvalue weighted by atomic mass is 16.3. The molecule has 0 bridgehead atoms. The molecule has 1 fully saturated rings. The minimum absolute atomic E-state index is 0.0237. The van der Waals surface area contributed by atoms with Gasteiger partial charge in [0.2, 0.25) is 0 Å². The van der Waals surface area contributed by atoms with Crippen molar-refractivity contribution < 1.29 is 14.7 Å². The van der Waals surface area contributed by atoms with Crippen LogP contribution in [0.1, 0.15) is 51.0 Å². The van der Waals surface area contributed by atoms with Gasteiger partial charge < -0.3 is 10.8 Å². The summed E-state index contributed by atoms with van der Waals surface area (Å²) in [5.41, 5.74) is 8.40. The quantitative estimate of drug-likeness (QED) is 0.863. The van der Waals surface area contributed by atoms with Gasteiger partial charge in [-0.25, -0.2) is 0 Å². The number of Topliss-reactive ketones (excluding diaryl/α,β-unsaturated/α-hetero) is 2. The molecule has 0 aliphatic heterocycles. The lowest BCUT2D eigenvalue weighted by Crippen LogP contribution is -2.47. The van der Waals surface area contributed by atoms with Crippen LogP contribution in [0.25, 0.3) is 0 Å². The summed E-state index contributed by atoms with van der Waals surface area (Å²) in [4.78, 5) is 25.0. The van der Waals surface area contributed by atoms with Crippen LogP contribution in [-0.2, 0) is 16.0 Å². The van der Waals surface area contributed by atoms with Gasteiger partial charge in [0.1, 0.15) is 0 Å². The molecule has 2 aliphatic rings. The number of ketones is 2. The molecule has 1 aromatic carbocycles. The Labute approximate surface area is 149 Å². The Kier molecular flexibility index (Phi) is 5.21. The fourth-order valence-electron chi connectivity index (χ4n) is 4.51. The van der Waals surface area contributed by atoms with E-state index < -0.39 is 17.6 Å². The molecule has 1 saturated carbocycles. The van der Waals surface area contributed by atoms with Crippen molar-refractivity contribution >= 4 is 11.6 Å². The minimum Gasteiger partial charge on any atom is -0.392 e. The van der Waals surface area contributed by atoms with Crippen molar-refractivity contribution in [3.63, 3.8) is 0 Å². The number of carbonyl (C=O) groups excluding carboxylic acids is 2. The van der Waals surface area contributed by atoms with Gasteiger partial charge in [-0.1, -0.05) is 35.9 Å². The standard InChI is InChI=1S/C21H27NO3/c1-14-16-8-5-9-20(25)21(16,11-10-18(14)23)13-19(24)17(22)12-15-6-3-2-4-7-15/h2-4,6-7,17,20,25H,5,8-13,22H2,1H3/t17-,20-,21+/m0/s1. The van der Waals surface area contributed by atoms with E-state index in [1.165, 1.54) is 0 Å². The van der Waals surface area contributed by atoms with Gasteiger partial charge in [0, 0.05) is 18.3 Å². The topological polar surface area (TPSA) is 80.4 Å². The van der Waals surface area contributed by atoms with E-state index in [1.54, 1.807) is 0 Å². The monoisotopic (exact) mass is 341 g/mol. The van der Waals surface area contributed by atoms with Crippen LogP contribution in [-0.4, -0.2) is 28.8 Å². The Bertz CT molecular complexity index is 694. The van der Waals surface area contributed by atoms with Crippen LogP contribution < -0.4 is 5.73 Å². The number of allylic oxidation sites excluding steroid dienone is 1. The lowest BCUT2D eigenvalue weighted by atomic mass is 9.58. The van der Waals surface area contributed by atoms with Crippen LogP contribution in [0.2, 0.25) is 0 Å². The second-order valence-corrected chi connectivity index (χ2v) is 7.53. The largest absolute Gasteiger partial charge is 0.392 e. The van der Waals surface area contributed by atoms with Gasteiger partial charge >= 0.3 is 0 Å². The molecular weight excluding hydrogens is 314 g/mol. The van der Waals surface area contributed by atoms with Crippen LogP contribution in [0.5, 0.6) is 0 Å². The maximum atomic E-state index is 12.9. The highest BCUT2D eigenvalue weighted by Gasteiger charge is 2.48. The van der Waals surface area contributed by atoms with Gasteiger partial charge in [-0.2, -0.15) is 0 Å². The third-order valence-electron chi connectivity index (χ3n) is 6.01. The van der Waals surface area contributed by atoms with Crippen molar-refractivity contribution in [1.29, 1.82) is 0 Å². The number of aliphatic hydroxyl groups excluding tert-OH is 1. The Morgan fingerprint density at radius 1 is 1.32 bits per heavy atom. The van der Waals surface area contributed by atoms with E-state index in [2.05, 4.69) is 0 Å². The molecule has 0 saturated heterocycles. The zero-order valence-electron chi connectivity index (χ0n) is 14.8. The summed E-state index contributed by atoms with van der Waals surface area (Å²) in [5, 5.41) is 10.7. The van der Waals surface area contributed by atoms with Gasteiger partial charge in [0.25, 0.3) is 0 Å². The van der Waals surface area contributed by atoms with Crippen molar-refractivity contribution in [3.8, 4) is 0 Å². The zero-order chi connectivity index (χ0) is 18.0. The van der Waals surface area contributed by atoms with E-state index >= 15 is 0 Å². The average molecular weight is 341 g/mol. The SMILES string of the molecule is CC1=C2CCC[C@H](O)[C@@]2(CC(=O)[C@@H](N)Cc2ccccc2)CCC1=O. The minimum atomic E-state index is -0.582. The van der Waals surface area contributed by atoms with Crippen LogP contribution in [0.3, 0.4) is 0 Å². The van der Waals surface area contributed by atoms with Crippen LogP contribution in [0.15, 0.2) is 41.5 Å². The van der Waals surface area contributed by atoms with Gasteiger partial charge in [-0.05, 0) is 50.2 Å². The molecule has 4 heteroatoms. The van der Waals surface area contributed by atoms with Crippen LogP contribution in [0, 0.1) is 5.41 Å². The van der Waals surface area contributed by atoms with Crippen molar-refractivity contribution in [2.24, 2.45) is 11.1 Å². The maximum absolute atomic E-state index is 12.9. The molecule has 3 N–H and O–H groups in total. The predicted molar refractivity (Wildman–Crippen MR) is 97.0 cm³/mol. The molecule has 0 unspecified atom stereocenters. The fourth-order valence-corrected chi connectivity index (χ4v) is 4.51. The van der Waals surface area contributed by atoms with Crippen molar-refractivity contribution in [3.05, 3.63) is 47.0 Å². The highest BCUT2D eigenvalue weighted by Crippen LogP contribution is 2.51. The number of benzene rings is 1. The summed E-state index contributed by atoms with van der Waals surface area (Å²) in [6.07, 6.45) is 3.50. The van der Waals surface area contributed by atoms with E-state index in [1.807, 2.05) is 37.3 Å². The molecule has 2 aliphatic carbocycles. The number of hydrogen-bond donors (Lipinski definition) is 2. The first-order chi connectivity index (χ1) is 11.9. The molecule has 4 nitrogen and oxygen atoms in total. The first-order valence-electron chi connectivity index (χ1n) is 9.18. The summed E-state index contributed by atoms with van der Waals surface area (Å²) < 4.78 is 0. The molecule has 134 valence electrons. The molecule has 3 atom stereocenters. The number of hydrogen-bond acceptors (Lipinski definition) is 4. The van der Waals surface area contributed by atoms with Crippen LogP contribution in [0.4, 0.5) is 0 Å². The summed E-state index contributed by atoms with van der Waals surface area (Å²) in [7, 11) is 0. The lowest BCUT2D eigenvalue weighted by Gasteiger charge is -2.47. The fraction of sp³-hybridized carbons (Fsp3) is 0.524. The van der Waals surface area contributed by atoms with E-state index in [4.69, 9.17) is 5.73 Å². The van der Waals surface area contributed by atoms with Crippen LogP contribution >= 0.6 is 0 Å². The van der Waals surface area contributed by atoms with E-state index in [9.17, 15) is 14.7 Å². The average Bonchev–Trinajstić information content (AvgIpc) is 2.61. The number of nitrogens with two attached hydrogens (primary N) is 1. The third-order valence-corrected chi connectivity index (χ3v) is 6.01. The molecule has 25 heavy (non-hydrogen) atoms. The van der Waals surface area contributed by atoms with E-state index in [0.29, 0.717) is 25.7 Å². The first kappa shape index (κ1) is 18.0. The second kappa shape index (κ2) is 7.22. The Morgan fingerprint density at radius 2 is 2.04 bits per heavy atom. The normalized spacial score (nSPS) is 27.8. The first-order valence-corrected chi connectivity index (χ1v) is 9.18. The van der Waals surface area contributed by atoms with Gasteiger partial charge in [-0.15, -0.1) is 0 Å². The molecule has 0 spiro atoms. The Hall–Kier alpha value is -1.78. The third kappa shape index (κ3) is 3.46. The van der Waals surface area contributed by atoms with Gasteiger partial charge in [0.05, 0.1) is 12.1 Å². The molecular formula is C21H27NO3. The molecule has 1 aromatic rings. The van der Waals surface area contributed by atoms with E-state index in [0.717, 1.165) is 29.6 Å². The van der Waals surface area contributed by atoms with E-state index in [-0.39, 0.29) is 18.0 Å². The summed E-state index contributed by atoms with van der Waals surface area (Å²) >= 11 is 0. The Morgan fingerprint density at radius 3 is 2.76 bits per heavy atom. The maximum Gasteiger partial charge on any atom is 0.158 e. The predicted octanol–water partition coefficient (Wildman–Crippen LogP) is 2.73. The highest BCUT2D eigenvalue weighted by molar-refractivity contribution is 5.97. The van der Waals surface area contributed by atoms with Gasteiger partial charge in [0.15, 0.2) is 11.6 Å². The molecule has 0 aromatic heterocycles. The number of fused-ring (bicyclic) bond motifs is 1. The van der Waals surface area contributed by atoms with Crippen molar-refractivity contribution in [2.45, 2.75) is 64.0 Å². The lowest BCUT2D eigenvalue weighted by molar-refractivity contribution is -0.127. The zero-order valence-corrected chi connectivity index (χ0v) is 14.8. The van der Waals surface area contributed by atoms with Crippen molar-refractivity contribution in [1.82, 2.24) is 0 Å². The smallest absolute Gasteiger partial charge is 0.158 e. The number of rotatable bonds is 5. The summed E-state index contributed by atoms with van der Waals surface area (Å²) in [5.74, 6) is 0.130. The van der Waals surface area contributed by atoms with Gasteiger partial charge in [-0.3, -0.25) is 9.59 Å². The number of aliphatic hydroxyl groups is 1.